The first kappa shape index (κ1) is 20.5. The Hall–Kier alpha value is -2.24. The average molecular weight is 417 g/mol. The van der Waals surface area contributed by atoms with Crippen molar-refractivity contribution in [3.63, 3.8) is 0 Å². The molecule has 1 aliphatic rings. The number of nitrogens with zero attached hydrogens (tertiary/aromatic N) is 1. The molecule has 8 heteroatoms. The molecule has 2 unspecified atom stereocenters. The van der Waals surface area contributed by atoms with Crippen molar-refractivity contribution in [1.29, 1.82) is 5.41 Å². The Morgan fingerprint density at radius 3 is 2.54 bits per heavy atom. The number of hydrogen-bond donors (Lipinski definition) is 2. The Labute approximate surface area is 171 Å². The summed E-state index contributed by atoms with van der Waals surface area (Å²) in [4.78, 5) is 6.13. The lowest BCUT2D eigenvalue weighted by Crippen LogP contribution is -2.11. The van der Waals surface area contributed by atoms with Gasteiger partial charge in [0.25, 0.3) is 0 Å². The van der Waals surface area contributed by atoms with Crippen LogP contribution in [0.4, 0.5) is 5.69 Å². The second-order valence-electron chi connectivity index (χ2n) is 6.40. The lowest BCUT2D eigenvalue weighted by molar-refractivity contribution is 0.205. The minimum Gasteiger partial charge on any atom is -0.493 e. The second kappa shape index (κ2) is 9.30. The van der Waals surface area contributed by atoms with Gasteiger partial charge in [-0.25, -0.2) is 0 Å². The molecule has 0 aliphatic carbocycles. The van der Waals surface area contributed by atoms with Gasteiger partial charge in [0.1, 0.15) is 4.78 Å². The van der Waals surface area contributed by atoms with Crippen LogP contribution in [0.1, 0.15) is 23.6 Å². The van der Waals surface area contributed by atoms with Gasteiger partial charge < -0.3 is 20.0 Å². The Kier molecular flexibility index (Phi) is 6.81. The zero-order valence-corrected chi connectivity index (χ0v) is 17.9. The fraction of sp³-hybridized carbons (Fsp3) is 0.300. The summed E-state index contributed by atoms with van der Waals surface area (Å²) in [5, 5.41) is 12.9. The van der Waals surface area contributed by atoms with E-state index >= 15 is 0 Å². The molecule has 0 amide bonds. The summed E-state index contributed by atoms with van der Waals surface area (Å²) in [6.07, 6.45) is 0.797. The van der Waals surface area contributed by atoms with Crippen LogP contribution in [0.3, 0.4) is 0 Å². The number of nitrogens with two attached hydrogens (primary N) is 1. The third-order valence-electron chi connectivity index (χ3n) is 4.37. The number of ether oxygens (including phenoxy) is 2. The molecule has 1 heterocycles. The van der Waals surface area contributed by atoms with Crippen molar-refractivity contribution in [3.05, 3.63) is 53.1 Å². The van der Waals surface area contributed by atoms with Gasteiger partial charge in [-0.05, 0) is 41.9 Å². The summed E-state index contributed by atoms with van der Waals surface area (Å²) in [5.41, 5.74) is 9.95. The number of thioether (sulfide) groups is 1. The van der Waals surface area contributed by atoms with Gasteiger partial charge in [-0.1, -0.05) is 44.6 Å². The largest absolute Gasteiger partial charge is 0.493 e. The number of rotatable bonds is 8. The summed E-state index contributed by atoms with van der Waals surface area (Å²) in [6.45, 7) is 2.19. The molecule has 2 atom stereocenters. The number of hydrogen-bond acceptors (Lipinski definition) is 7. The summed E-state index contributed by atoms with van der Waals surface area (Å²) in [6, 6.07) is 11.2. The van der Waals surface area contributed by atoms with Crippen molar-refractivity contribution >= 4 is 36.5 Å². The Morgan fingerprint density at radius 1 is 1.25 bits per heavy atom. The van der Waals surface area contributed by atoms with Crippen molar-refractivity contribution in [3.8, 4) is 11.5 Å². The number of benzene rings is 2. The highest BCUT2D eigenvalue weighted by molar-refractivity contribution is 8.23. The van der Waals surface area contributed by atoms with E-state index in [2.05, 4.69) is 12.1 Å². The van der Waals surface area contributed by atoms with E-state index in [9.17, 15) is 0 Å². The fourth-order valence-electron chi connectivity index (χ4n) is 2.98. The normalized spacial score (nSPS) is 14.6. The first-order valence-electron chi connectivity index (χ1n) is 8.80. The molecule has 6 nitrogen and oxygen atoms in total. The minimum absolute atomic E-state index is 0.365. The molecule has 0 fully saturated rings. The molecule has 0 radical (unpaired) electrons. The van der Waals surface area contributed by atoms with Gasteiger partial charge in [-0.2, -0.15) is 0 Å². The van der Waals surface area contributed by atoms with Gasteiger partial charge in [0.2, 0.25) is 0 Å². The molecule has 0 bridgehead atoms. The van der Waals surface area contributed by atoms with Crippen molar-refractivity contribution in [2.45, 2.75) is 19.0 Å². The van der Waals surface area contributed by atoms with Crippen LogP contribution < -0.4 is 15.2 Å². The highest BCUT2D eigenvalue weighted by Crippen LogP contribution is 2.37. The zero-order valence-electron chi connectivity index (χ0n) is 16.1. The van der Waals surface area contributed by atoms with Gasteiger partial charge in [0, 0.05) is 16.8 Å². The van der Waals surface area contributed by atoms with Crippen LogP contribution in [0.2, 0.25) is 0 Å². The quantitative estimate of drug-likeness (QED) is 0.380. The zero-order chi connectivity index (χ0) is 20.1. The van der Waals surface area contributed by atoms with E-state index < -0.39 is 0 Å². The van der Waals surface area contributed by atoms with Crippen LogP contribution in [0.15, 0.2) is 41.6 Å². The van der Waals surface area contributed by atoms with E-state index in [1.54, 1.807) is 26.0 Å². The second-order valence-corrected chi connectivity index (χ2v) is 9.42. The number of methoxy groups -OCH3 is 2. The number of oxime groups is 1. The summed E-state index contributed by atoms with van der Waals surface area (Å²) >= 11 is 1.65. The average Bonchev–Trinajstić information content (AvgIpc) is 3.20. The van der Waals surface area contributed by atoms with E-state index in [1.807, 2.05) is 36.4 Å². The van der Waals surface area contributed by atoms with E-state index in [1.165, 1.54) is 0 Å². The smallest absolute Gasteiger partial charge is 0.168 e. The number of nitrogen functional groups attached to an aromatic ring is 1. The lowest BCUT2D eigenvalue weighted by atomic mass is 9.94. The van der Waals surface area contributed by atoms with Gasteiger partial charge in [-0.3, -0.25) is 5.41 Å². The fourth-order valence-corrected chi connectivity index (χ4v) is 5.28. The highest BCUT2D eigenvalue weighted by Gasteiger charge is 2.19. The Morgan fingerprint density at radius 2 is 1.93 bits per heavy atom. The van der Waals surface area contributed by atoms with E-state index in [-0.39, 0.29) is 0 Å². The van der Waals surface area contributed by atoms with Crippen LogP contribution in [0.25, 0.3) is 0 Å². The monoisotopic (exact) mass is 417 g/mol. The summed E-state index contributed by atoms with van der Waals surface area (Å²) in [7, 11) is 3.79. The molecule has 148 valence electrons. The van der Waals surface area contributed by atoms with E-state index in [0.717, 1.165) is 27.9 Å². The summed E-state index contributed by atoms with van der Waals surface area (Å²) in [5.74, 6) is 1.87. The van der Waals surface area contributed by atoms with E-state index in [4.69, 9.17) is 25.5 Å². The molecule has 2 aromatic carbocycles. The first-order valence-corrected chi connectivity index (χ1v) is 10.9. The van der Waals surface area contributed by atoms with Crippen molar-refractivity contribution in [1.82, 2.24) is 0 Å². The van der Waals surface area contributed by atoms with Gasteiger partial charge >= 0.3 is 0 Å². The third kappa shape index (κ3) is 4.78. The molecule has 3 N–H and O–H groups in total. The molecule has 1 aliphatic heterocycles. The molecule has 28 heavy (non-hydrogen) atoms. The SMILES string of the molecule is COc1cc(CC(C)PC2=NOCS2)c(C(=N)c2ccc(N)cc2)cc1OC. The van der Waals surface area contributed by atoms with Crippen molar-refractivity contribution in [2.24, 2.45) is 5.16 Å². The number of anilines is 1. The molecule has 3 rings (SSSR count). The Balaban J connectivity index is 1.93. The van der Waals surface area contributed by atoms with Crippen LogP contribution in [0.5, 0.6) is 11.5 Å². The van der Waals surface area contributed by atoms with Crippen LogP contribution in [-0.2, 0) is 11.3 Å². The maximum Gasteiger partial charge on any atom is 0.168 e. The topological polar surface area (TPSA) is 89.9 Å². The van der Waals surface area contributed by atoms with Crippen LogP contribution in [0, 0.1) is 5.41 Å². The molecule has 0 aromatic heterocycles. The maximum atomic E-state index is 8.77. The van der Waals surface area contributed by atoms with Crippen molar-refractivity contribution in [2.75, 3.05) is 25.9 Å². The minimum atomic E-state index is 0.365. The van der Waals surface area contributed by atoms with Gasteiger partial charge in [0.05, 0.1) is 19.9 Å². The Bertz CT molecular complexity index is 887. The number of nitrogens with one attached hydrogen (secondary N) is 1. The first-order chi connectivity index (χ1) is 13.5. The van der Waals surface area contributed by atoms with Gasteiger partial charge in [0.15, 0.2) is 17.4 Å². The molecule has 0 saturated carbocycles. The molecular weight excluding hydrogens is 393 g/mol. The lowest BCUT2D eigenvalue weighted by Gasteiger charge is -2.18. The maximum absolute atomic E-state index is 8.77. The predicted octanol–water partition coefficient (Wildman–Crippen LogP) is 4.30. The van der Waals surface area contributed by atoms with Crippen LogP contribution >= 0.6 is 20.3 Å². The molecule has 0 saturated heterocycles. The highest BCUT2D eigenvalue weighted by atomic mass is 32.2. The molecule has 2 aromatic rings. The standard InChI is InChI=1S/C20H24N3O3PS/c1-12(27-20-23-26-11-28-20)8-14-9-17(24-2)18(25-3)10-16(14)19(22)13-4-6-15(21)7-5-13/h4-7,9-10,12,22,27H,8,11,21H2,1-3H3. The van der Waals surface area contributed by atoms with Gasteiger partial charge in [-0.15, -0.1) is 0 Å². The third-order valence-corrected chi connectivity index (χ3v) is 6.76. The van der Waals surface area contributed by atoms with Crippen LogP contribution in [-0.4, -0.2) is 36.3 Å². The van der Waals surface area contributed by atoms with E-state index in [0.29, 0.717) is 43.1 Å². The summed E-state index contributed by atoms with van der Waals surface area (Å²) < 4.78 is 11.0. The molecule has 0 spiro atoms. The van der Waals surface area contributed by atoms with Crippen molar-refractivity contribution < 1.29 is 14.3 Å². The molecular formula is C20H24N3O3PS. The predicted molar refractivity (Wildman–Crippen MR) is 119 cm³/mol.